The second-order valence-corrected chi connectivity index (χ2v) is 11.0. The molecule has 4 saturated carbocycles. The number of nitrogens with zero attached hydrogens (tertiary/aromatic N) is 2. The second-order valence-electron chi connectivity index (χ2n) is 11.0. The van der Waals surface area contributed by atoms with E-state index in [1.807, 2.05) is 6.92 Å². The first kappa shape index (κ1) is 22.4. The van der Waals surface area contributed by atoms with Gasteiger partial charge in [-0.15, -0.1) is 0 Å². The molecule has 1 aromatic carbocycles. The average Bonchev–Trinajstić information content (AvgIpc) is 3.05. The molecule has 5 aliphatic rings. The number of ether oxygens (including phenoxy) is 1. The summed E-state index contributed by atoms with van der Waals surface area (Å²) >= 11 is 0. The summed E-state index contributed by atoms with van der Waals surface area (Å²) in [4.78, 5) is 41.7. The van der Waals surface area contributed by atoms with Crippen LogP contribution < -0.4 is 9.64 Å². The Hall–Kier alpha value is -2.37. The van der Waals surface area contributed by atoms with Gasteiger partial charge in [0.1, 0.15) is 11.8 Å². The molecule has 1 heterocycles. The molecule has 178 valence electrons. The van der Waals surface area contributed by atoms with Crippen LogP contribution in [-0.2, 0) is 14.4 Å². The SMILES string of the molecule is CCCOc1ccc(N2C(=O)C[C@@H](N(CCC34CC5CC(CC(C5)C3)C4)C(C)=O)C2=O)cc1. The van der Waals surface area contributed by atoms with Crippen LogP contribution in [0.2, 0.25) is 0 Å². The minimum Gasteiger partial charge on any atom is -0.494 e. The monoisotopic (exact) mass is 452 g/mol. The van der Waals surface area contributed by atoms with Gasteiger partial charge in [0.25, 0.3) is 5.91 Å². The fourth-order valence-electron chi connectivity index (χ4n) is 7.53. The van der Waals surface area contributed by atoms with E-state index >= 15 is 0 Å². The number of anilines is 1. The van der Waals surface area contributed by atoms with Gasteiger partial charge in [-0.1, -0.05) is 6.92 Å². The standard InChI is InChI=1S/C27H36N2O4/c1-3-10-33-23-6-4-22(5-7-23)29-25(31)14-24(26(29)32)28(18(2)30)9-8-27-15-19-11-20(16-27)13-21(12-19)17-27/h4-7,19-21,24H,3,8-17H2,1-2H3/t19?,20?,21?,24-,27?/m1/s1. The maximum Gasteiger partial charge on any atom is 0.257 e. The van der Waals surface area contributed by atoms with Gasteiger partial charge in [0, 0.05) is 13.5 Å². The molecule has 4 aliphatic carbocycles. The molecule has 1 saturated heterocycles. The van der Waals surface area contributed by atoms with Crippen molar-refractivity contribution in [2.75, 3.05) is 18.1 Å². The number of amides is 3. The van der Waals surface area contributed by atoms with E-state index in [1.54, 1.807) is 29.2 Å². The zero-order valence-corrected chi connectivity index (χ0v) is 19.9. The van der Waals surface area contributed by atoms with Crippen LogP contribution in [0.5, 0.6) is 5.75 Å². The van der Waals surface area contributed by atoms with Crippen molar-refractivity contribution in [2.24, 2.45) is 23.2 Å². The Labute approximate surface area is 196 Å². The van der Waals surface area contributed by atoms with E-state index in [4.69, 9.17) is 4.74 Å². The summed E-state index contributed by atoms with van der Waals surface area (Å²) in [5.74, 6) is 2.65. The third-order valence-corrected chi connectivity index (χ3v) is 8.52. The smallest absolute Gasteiger partial charge is 0.257 e. The molecule has 1 aliphatic heterocycles. The van der Waals surface area contributed by atoms with Crippen LogP contribution in [0.4, 0.5) is 5.69 Å². The number of hydrogen-bond acceptors (Lipinski definition) is 4. The predicted molar refractivity (Wildman–Crippen MR) is 126 cm³/mol. The molecule has 6 heteroatoms. The number of hydrogen-bond donors (Lipinski definition) is 0. The van der Waals surface area contributed by atoms with E-state index in [0.717, 1.165) is 36.3 Å². The topological polar surface area (TPSA) is 66.9 Å². The lowest BCUT2D eigenvalue weighted by Gasteiger charge is -2.57. The maximum absolute atomic E-state index is 13.3. The Kier molecular flexibility index (Phi) is 5.96. The zero-order valence-electron chi connectivity index (χ0n) is 19.9. The van der Waals surface area contributed by atoms with Crippen molar-refractivity contribution in [3.63, 3.8) is 0 Å². The molecule has 0 spiro atoms. The summed E-state index contributed by atoms with van der Waals surface area (Å²) < 4.78 is 5.61. The summed E-state index contributed by atoms with van der Waals surface area (Å²) in [6, 6.07) is 6.37. The van der Waals surface area contributed by atoms with Crippen LogP contribution in [-0.4, -0.2) is 41.8 Å². The fourth-order valence-corrected chi connectivity index (χ4v) is 7.53. The van der Waals surface area contributed by atoms with Crippen molar-refractivity contribution >= 4 is 23.4 Å². The van der Waals surface area contributed by atoms with Crippen LogP contribution in [0, 0.1) is 23.2 Å². The summed E-state index contributed by atoms with van der Waals surface area (Å²) in [7, 11) is 0. The molecule has 6 rings (SSSR count). The van der Waals surface area contributed by atoms with E-state index < -0.39 is 6.04 Å². The normalized spacial score (nSPS) is 32.5. The molecule has 5 fully saturated rings. The number of imide groups is 1. The van der Waals surface area contributed by atoms with Crippen molar-refractivity contribution in [2.45, 2.75) is 77.7 Å². The van der Waals surface area contributed by atoms with Gasteiger partial charge in [-0.3, -0.25) is 14.4 Å². The highest BCUT2D eigenvalue weighted by Crippen LogP contribution is 2.61. The van der Waals surface area contributed by atoms with Gasteiger partial charge < -0.3 is 9.64 Å². The lowest BCUT2D eigenvalue weighted by Crippen LogP contribution is -2.50. The Morgan fingerprint density at radius 3 is 2.21 bits per heavy atom. The van der Waals surface area contributed by atoms with Gasteiger partial charge >= 0.3 is 0 Å². The lowest BCUT2D eigenvalue weighted by atomic mass is 9.49. The molecular weight excluding hydrogens is 416 g/mol. The highest BCUT2D eigenvalue weighted by Gasteiger charge is 2.51. The van der Waals surface area contributed by atoms with Gasteiger partial charge in [-0.25, -0.2) is 4.90 Å². The van der Waals surface area contributed by atoms with Gasteiger partial charge in [0.05, 0.1) is 18.7 Å². The molecule has 1 aromatic rings. The summed E-state index contributed by atoms with van der Waals surface area (Å²) in [6.45, 7) is 4.77. The van der Waals surface area contributed by atoms with E-state index in [1.165, 1.54) is 50.3 Å². The first-order valence-corrected chi connectivity index (χ1v) is 12.7. The molecule has 0 N–H and O–H groups in total. The number of rotatable bonds is 8. The molecule has 0 radical (unpaired) electrons. The quantitative estimate of drug-likeness (QED) is 0.542. The maximum atomic E-state index is 13.3. The van der Waals surface area contributed by atoms with Crippen LogP contribution >= 0.6 is 0 Å². The van der Waals surface area contributed by atoms with E-state index in [-0.39, 0.29) is 24.1 Å². The molecule has 4 bridgehead atoms. The highest BCUT2D eigenvalue weighted by atomic mass is 16.5. The molecule has 0 aromatic heterocycles. The van der Waals surface area contributed by atoms with Crippen LogP contribution in [0.25, 0.3) is 0 Å². The second kappa shape index (κ2) is 8.77. The van der Waals surface area contributed by atoms with Crippen molar-refractivity contribution in [3.8, 4) is 5.75 Å². The van der Waals surface area contributed by atoms with E-state index in [2.05, 4.69) is 0 Å². The minimum absolute atomic E-state index is 0.0629. The first-order chi connectivity index (χ1) is 15.9. The minimum atomic E-state index is -0.695. The fraction of sp³-hybridized carbons (Fsp3) is 0.667. The summed E-state index contributed by atoms with van der Waals surface area (Å²) in [5.41, 5.74) is 0.878. The van der Waals surface area contributed by atoms with Gasteiger partial charge in [-0.2, -0.15) is 0 Å². The molecule has 0 unspecified atom stereocenters. The van der Waals surface area contributed by atoms with Crippen LogP contribution in [0.1, 0.15) is 71.6 Å². The molecule has 6 nitrogen and oxygen atoms in total. The van der Waals surface area contributed by atoms with Gasteiger partial charge in [-0.05, 0) is 98.8 Å². The highest BCUT2D eigenvalue weighted by molar-refractivity contribution is 6.23. The van der Waals surface area contributed by atoms with Crippen LogP contribution in [0.15, 0.2) is 24.3 Å². The number of carbonyl (C=O) groups excluding carboxylic acids is 3. The summed E-state index contributed by atoms with van der Waals surface area (Å²) in [6.07, 6.45) is 9.94. The Morgan fingerprint density at radius 2 is 1.67 bits per heavy atom. The number of carbonyl (C=O) groups is 3. The van der Waals surface area contributed by atoms with Crippen molar-refractivity contribution < 1.29 is 19.1 Å². The van der Waals surface area contributed by atoms with E-state index in [9.17, 15) is 14.4 Å². The first-order valence-electron chi connectivity index (χ1n) is 12.7. The molecule has 3 amide bonds. The Balaban J connectivity index is 1.27. The largest absolute Gasteiger partial charge is 0.494 e. The zero-order chi connectivity index (χ0) is 23.2. The third kappa shape index (κ3) is 4.29. The van der Waals surface area contributed by atoms with Crippen LogP contribution in [0.3, 0.4) is 0 Å². The predicted octanol–water partition coefficient (Wildman–Crippen LogP) is 4.56. The van der Waals surface area contributed by atoms with E-state index in [0.29, 0.717) is 24.3 Å². The van der Waals surface area contributed by atoms with Crippen molar-refractivity contribution in [3.05, 3.63) is 24.3 Å². The lowest BCUT2D eigenvalue weighted by molar-refractivity contribution is -0.138. The van der Waals surface area contributed by atoms with Crippen molar-refractivity contribution in [1.29, 1.82) is 0 Å². The summed E-state index contributed by atoms with van der Waals surface area (Å²) in [5, 5.41) is 0. The van der Waals surface area contributed by atoms with Gasteiger partial charge in [0.15, 0.2) is 0 Å². The Morgan fingerprint density at radius 1 is 1.06 bits per heavy atom. The number of benzene rings is 1. The molecular formula is C27H36N2O4. The molecule has 1 atom stereocenters. The Bertz CT molecular complexity index is 889. The van der Waals surface area contributed by atoms with Crippen molar-refractivity contribution in [1.82, 2.24) is 4.90 Å². The van der Waals surface area contributed by atoms with Gasteiger partial charge in [0.2, 0.25) is 11.8 Å². The third-order valence-electron chi connectivity index (χ3n) is 8.52. The average molecular weight is 453 g/mol. The molecule has 33 heavy (non-hydrogen) atoms.